The highest BCUT2D eigenvalue weighted by Gasteiger charge is 2.23. The molecule has 2 atom stereocenters. The van der Waals surface area contributed by atoms with Crippen molar-refractivity contribution in [2.45, 2.75) is 70.6 Å². The number of unbranched alkanes of at least 4 members (excludes halogenated alkanes) is 5. The fourth-order valence-electron chi connectivity index (χ4n) is 1.66. The van der Waals surface area contributed by atoms with Gasteiger partial charge in [-0.1, -0.05) is 39.0 Å². The maximum absolute atomic E-state index is 10.9. The van der Waals surface area contributed by atoms with Crippen molar-refractivity contribution in [1.29, 1.82) is 0 Å². The van der Waals surface area contributed by atoms with E-state index in [2.05, 4.69) is 12.2 Å². The van der Waals surface area contributed by atoms with E-state index in [1.807, 2.05) is 0 Å². The Labute approximate surface area is 106 Å². The first kappa shape index (κ1) is 16.9. The lowest BCUT2D eigenvalue weighted by Gasteiger charge is -2.18. The van der Waals surface area contributed by atoms with Gasteiger partial charge in [-0.05, 0) is 26.8 Å². The molecule has 104 valence electrons. The molecule has 0 aromatic carbocycles. The monoisotopic (exact) mass is 265 g/mol. The third kappa shape index (κ3) is 8.57. The molecule has 0 aliphatic rings. The molecule has 0 aromatic heterocycles. The average molecular weight is 265 g/mol. The predicted molar refractivity (Wildman–Crippen MR) is 71.9 cm³/mol. The van der Waals surface area contributed by atoms with Crippen LogP contribution in [0.5, 0.6) is 0 Å². The second-order valence-corrected chi connectivity index (χ2v) is 6.50. The van der Waals surface area contributed by atoms with E-state index >= 15 is 0 Å². The number of hydrogen-bond acceptors (Lipinski definition) is 3. The summed E-state index contributed by atoms with van der Waals surface area (Å²) < 4.78 is 30.7. The van der Waals surface area contributed by atoms with Gasteiger partial charge in [-0.2, -0.15) is 8.42 Å². The molecule has 0 aliphatic carbocycles. The molecule has 0 rings (SSSR count). The Morgan fingerprint density at radius 1 is 1.06 bits per heavy atom. The summed E-state index contributed by atoms with van der Waals surface area (Å²) in [7, 11) is -3.92. The van der Waals surface area contributed by atoms with Crippen LogP contribution < -0.4 is 5.32 Å². The van der Waals surface area contributed by atoms with E-state index in [4.69, 9.17) is 4.55 Å². The maximum Gasteiger partial charge on any atom is 0.269 e. The molecule has 0 amide bonds. The van der Waals surface area contributed by atoms with E-state index in [1.165, 1.54) is 39.0 Å². The van der Waals surface area contributed by atoms with E-state index in [-0.39, 0.29) is 6.04 Å². The molecule has 0 saturated carbocycles. The van der Waals surface area contributed by atoms with Crippen LogP contribution in [0.3, 0.4) is 0 Å². The van der Waals surface area contributed by atoms with E-state index in [9.17, 15) is 8.42 Å². The van der Waals surface area contributed by atoms with Crippen LogP contribution >= 0.6 is 0 Å². The van der Waals surface area contributed by atoms with Crippen molar-refractivity contribution in [2.24, 2.45) is 0 Å². The molecule has 2 unspecified atom stereocenters. The first-order valence-corrected chi connectivity index (χ1v) is 8.09. The Morgan fingerprint density at radius 2 is 1.59 bits per heavy atom. The molecular formula is C12H27NO3S. The zero-order valence-electron chi connectivity index (χ0n) is 11.3. The lowest BCUT2D eigenvalue weighted by Crippen LogP contribution is -2.40. The summed E-state index contributed by atoms with van der Waals surface area (Å²) in [6.45, 7) is 6.32. The summed E-state index contributed by atoms with van der Waals surface area (Å²) in [6.07, 6.45) is 7.32. The Hall–Kier alpha value is -0.130. The van der Waals surface area contributed by atoms with Gasteiger partial charge in [0.1, 0.15) is 0 Å². The van der Waals surface area contributed by atoms with E-state index in [1.54, 1.807) is 6.92 Å². The van der Waals surface area contributed by atoms with Crippen molar-refractivity contribution < 1.29 is 13.0 Å². The van der Waals surface area contributed by atoms with Gasteiger partial charge in [-0.25, -0.2) is 0 Å². The molecule has 0 aliphatic heterocycles. The lowest BCUT2D eigenvalue weighted by molar-refractivity contribution is 0.437. The Morgan fingerprint density at radius 3 is 2.12 bits per heavy atom. The molecular weight excluding hydrogens is 238 g/mol. The Kier molecular flexibility index (Phi) is 8.82. The van der Waals surface area contributed by atoms with Gasteiger partial charge in [0.15, 0.2) is 0 Å². The maximum atomic E-state index is 10.9. The third-order valence-corrected chi connectivity index (χ3v) is 4.52. The van der Waals surface area contributed by atoms with Crippen molar-refractivity contribution in [1.82, 2.24) is 5.32 Å². The fraction of sp³-hybridized carbons (Fsp3) is 1.00. The topological polar surface area (TPSA) is 66.4 Å². The van der Waals surface area contributed by atoms with Gasteiger partial charge in [-0.15, -0.1) is 0 Å². The molecule has 0 fully saturated rings. The van der Waals surface area contributed by atoms with Gasteiger partial charge >= 0.3 is 0 Å². The molecule has 0 spiro atoms. The molecule has 0 saturated heterocycles. The molecule has 4 nitrogen and oxygen atoms in total. The van der Waals surface area contributed by atoms with Crippen LogP contribution in [0.1, 0.15) is 59.3 Å². The van der Waals surface area contributed by atoms with Crippen LogP contribution in [0.25, 0.3) is 0 Å². The SMILES string of the molecule is CCCCCCCCNC(C)C(C)S(=O)(=O)O. The van der Waals surface area contributed by atoms with Crippen LogP contribution in [-0.4, -0.2) is 30.8 Å². The number of hydrogen-bond donors (Lipinski definition) is 2. The third-order valence-electron chi connectivity index (χ3n) is 3.17. The largest absolute Gasteiger partial charge is 0.313 e. The van der Waals surface area contributed by atoms with Crippen molar-refractivity contribution >= 4 is 10.1 Å². The highest BCUT2D eigenvalue weighted by Crippen LogP contribution is 2.06. The minimum absolute atomic E-state index is 0.208. The minimum Gasteiger partial charge on any atom is -0.313 e. The standard InChI is InChI=1S/C12H27NO3S/c1-4-5-6-7-8-9-10-13-11(2)12(3)17(14,15)16/h11-13H,4-10H2,1-3H3,(H,14,15,16). The quantitative estimate of drug-likeness (QED) is 0.471. The van der Waals surface area contributed by atoms with E-state index < -0.39 is 15.4 Å². The fourth-order valence-corrected chi connectivity index (χ4v) is 2.27. The zero-order chi connectivity index (χ0) is 13.3. The van der Waals surface area contributed by atoms with Gasteiger partial charge in [0.05, 0.1) is 5.25 Å². The van der Waals surface area contributed by atoms with Crippen molar-refractivity contribution in [2.75, 3.05) is 6.54 Å². The summed E-state index contributed by atoms with van der Waals surface area (Å²) >= 11 is 0. The van der Waals surface area contributed by atoms with Gasteiger partial charge in [-0.3, -0.25) is 4.55 Å². The van der Waals surface area contributed by atoms with E-state index in [0.29, 0.717) is 0 Å². The van der Waals surface area contributed by atoms with Gasteiger partial charge in [0.25, 0.3) is 10.1 Å². The smallest absolute Gasteiger partial charge is 0.269 e. The summed E-state index contributed by atoms with van der Waals surface area (Å²) in [5, 5.41) is 2.39. The molecule has 0 aromatic rings. The predicted octanol–water partition coefficient (Wildman–Crippen LogP) is 2.60. The highest BCUT2D eigenvalue weighted by molar-refractivity contribution is 7.86. The van der Waals surface area contributed by atoms with Crippen LogP contribution in [-0.2, 0) is 10.1 Å². The van der Waals surface area contributed by atoms with Crippen LogP contribution in [0.2, 0.25) is 0 Å². The average Bonchev–Trinajstić information content (AvgIpc) is 2.25. The molecule has 0 heterocycles. The van der Waals surface area contributed by atoms with Gasteiger partial charge < -0.3 is 5.32 Å². The normalized spacial score (nSPS) is 15.8. The molecule has 17 heavy (non-hydrogen) atoms. The van der Waals surface area contributed by atoms with E-state index in [0.717, 1.165) is 13.0 Å². The second kappa shape index (κ2) is 8.89. The number of nitrogens with one attached hydrogen (secondary N) is 1. The lowest BCUT2D eigenvalue weighted by atomic mass is 10.1. The van der Waals surface area contributed by atoms with Gasteiger partial charge in [0.2, 0.25) is 0 Å². The first-order valence-electron chi connectivity index (χ1n) is 6.59. The van der Waals surface area contributed by atoms with Crippen LogP contribution in [0, 0.1) is 0 Å². The number of rotatable bonds is 10. The highest BCUT2D eigenvalue weighted by atomic mass is 32.2. The van der Waals surface area contributed by atoms with Crippen LogP contribution in [0.4, 0.5) is 0 Å². The van der Waals surface area contributed by atoms with Gasteiger partial charge in [0, 0.05) is 6.04 Å². The second-order valence-electron chi connectivity index (χ2n) is 4.73. The zero-order valence-corrected chi connectivity index (χ0v) is 12.1. The summed E-state index contributed by atoms with van der Waals surface area (Å²) in [5.74, 6) is 0. The Balaban J connectivity index is 3.55. The molecule has 0 radical (unpaired) electrons. The molecule has 5 heteroatoms. The first-order chi connectivity index (χ1) is 7.89. The summed E-state index contributed by atoms with van der Waals surface area (Å²) in [6, 6.07) is -0.208. The molecule has 0 bridgehead atoms. The summed E-state index contributed by atoms with van der Waals surface area (Å²) in [4.78, 5) is 0. The van der Waals surface area contributed by atoms with Crippen molar-refractivity contribution in [3.63, 3.8) is 0 Å². The van der Waals surface area contributed by atoms with Crippen molar-refractivity contribution in [3.8, 4) is 0 Å². The molecule has 2 N–H and O–H groups in total. The minimum atomic E-state index is -3.92. The van der Waals surface area contributed by atoms with Crippen molar-refractivity contribution in [3.05, 3.63) is 0 Å². The Bertz CT molecular complexity index is 277. The van der Waals surface area contributed by atoms with Crippen LogP contribution in [0.15, 0.2) is 0 Å². The summed E-state index contributed by atoms with van der Waals surface area (Å²) in [5.41, 5.74) is 0.